The molecule has 1 N–H and O–H groups in total. The third kappa shape index (κ3) is 4.33. The summed E-state index contributed by atoms with van der Waals surface area (Å²) >= 11 is 0. The summed E-state index contributed by atoms with van der Waals surface area (Å²) in [7, 11) is 0. The molecule has 1 aliphatic rings. The van der Waals surface area contributed by atoms with Crippen molar-refractivity contribution in [1.29, 1.82) is 0 Å². The van der Waals surface area contributed by atoms with E-state index in [0.29, 0.717) is 22.9 Å². The zero-order chi connectivity index (χ0) is 18.7. The van der Waals surface area contributed by atoms with Gasteiger partial charge in [0.1, 0.15) is 0 Å². The first-order valence-electron chi connectivity index (χ1n) is 8.51. The van der Waals surface area contributed by atoms with Crippen LogP contribution in [0.15, 0.2) is 42.7 Å². The molecule has 0 spiro atoms. The number of nitrogens with one attached hydrogen (secondary N) is 1. The predicted octanol–water partition coefficient (Wildman–Crippen LogP) is 4.72. The maximum absolute atomic E-state index is 12.6. The Morgan fingerprint density at radius 3 is 2.58 bits per heavy atom. The maximum atomic E-state index is 12.6. The van der Waals surface area contributed by atoms with Gasteiger partial charge in [-0.2, -0.15) is 13.2 Å². The topological polar surface area (TPSA) is 45.2 Å². The highest BCUT2D eigenvalue weighted by atomic mass is 19.4. The van der Waals surface area contributed by atoms with Crippen LogP contribution < -0.4 is 5.32 Å². The molecule has 0 aliphatic carbocycles. The molecule has 0 saturated carbocycles. The van der Waals surface area contributed by atoms with Crippen molar-refractivity contribution in [2.24, 2.45) is 5.92 Å². The molecule has 7 heteroatoms. The Morgan fingerprint density at radius 2 is 1.92 bits per heavy atom. The Kier molecular flexibility index (Phi) is 5.15. The van der Waals surface area contributed by atoms with Crippen molar-refractivity contribution < 1.29 is 18.0 Å². The summed E-state index contributed by atoms with van der Waals surface area (Å²) < 4.78 is 37.9. The number of likely N-dealkylation sites (tertiary alicyclic amines) is 1. The summed E-state index contributed by atoms with van der Waals surface area (Å²) in [5, 5.41) is 2.99. The van der Waals surface area contributed by atoms with Crippen LogP contribution in [0.25, 0.3) is 0 Å². The highest BCUT2D eigenvalue weighted by Crippen LogP contribution is 2.30. The van der Waals surface area contributed by atoms with Crippen molar-refractivity contribution in [1.82, 2.24) is 9.88 Å². The molecule has 4 nitrogen and oxygen atoms in total. The number of piperidine rings is 1. The number of nitrogens with zero attached hydrogens (tertiary/aromatic N) is 2. The lowest BCUT2D eigenvalue weighted by Crippen LogP contribution is -2.39. The molecule has 1 unspecified atom stereocenters. The van der Waals surface area contributed by atoms with Crippen LogP contribution in [0, 0.1) is 5.92 Å². The first kappa shape index (κ1) is 18.2. The number of pyridine rings is 1. The van der Waals surface area contributed by atoms with Crippen molar-refractivity contribution in [3.8, 4) is 0 Å². The summed E-state index contributed by atoms with van der Waals surface area (Å²) in [6.07, 6.45) is 0.798. The number of alkyl halides is 3. The van der Waals surface area contributed by atoms with Gasteiger partial charge in [0.05, 0.1) is 23.0 Å². The fourth-order valence-electron chi connectivity index (χ4n) is 3.09. The van der Waals surface area contributed by atoms with E-state index in [2.05, 4.69) is 17.2 Å². The highest BCUT2D eigenvalue weighted by Gasteiger charge is 2.30. The SMILES string of the molecule is CC1CCCN(C(=O)c2cncc(Nc3ccc(C(F)(F)F)cc3)c2)C1. The first-order valence-corrected chi connectivity index (χ1v) is 8.51. The van der Waals surface area contributed by atoms with Gasteiger partial charge in [0, 0.05) is 25.0 Å². The van der Waals surface area contributed by atoms with Crippen molar-refractivity contribution >= 4 is 17.3 Å². The monoisotopic (exact) mass is 363 g/mol. The second-order valence-corrected chi connectivity index (χ2v) is 6.66. The number of anilines is 2. The molecule has 1 aromatic heterocycles. The molecule has 0 radical (unpaired) electrons. The lowest BCUT2D eigenvalue weighted by Gasteiger charge is -2.31. The minimum absolute atomic E-state index is 0.0693. The van der Waals surface area contributed by atoms with E-state index in [1.807, 2.05) is 4.90 Å². The summed E-state index contributed by atoms with van der Waals surface area (Å²) in [4.78, 5) is 18.5. The van der Waals surface area contributed by atoms with Crippen molar-refractivity contribution in [2.45, 2.75) is 25.9 Å². The number of carbonyl (C=O) groups is 1. The molecule has 1 saturated heterocycles. The average Bonchev–Trinajstić information content (AvgIpc) is 2.61. The quantitative estimate of drug-likeness (QED) is 0.859. The van der Waals surface area contributed by atoms with Crippen molar-refractivity contribution in [2.75, 3.05) is 18.4 Å². The highest BCUT2D eigenvalue weighted by molar-refractivity contribution is 5.95. The third-order valence-electron chi connectivity index (χ3n) is 4.43. The smallest absolute Gasteiger partial charge is 0.354 e. The minimum Gasteiger partial charge on any atom is -0.354 e. The van der Waals surface area contributed by atoms with Gasteiger partial charge in [-0.05, 0) is 49.1 Å². The van der Waals surface area contributed by atoms with Gasteiger partial charge < -0.3 is 10.2 Å². The van der Waals surface area contributed by atoms with E-state index >= 15 is 0 Å². The number of benzene rings is 1. The zero-order valence-electron chi connectivity index (χ0n) is 14.4. The molecular formula is C19H20F3N3O. The number of carbonyl (C=O) groups excluding carboxylic acids is 1. The van der Waals surface area contributed by atoms with Gasteiger partial charge in [0.25, 0.3) is 5.91 Å². The van der Waals surface area contributed by atoms with Gasteiger partial charge in [-0.1, -0.05) is 6.92 Å². The van der Waals surface area contributed by atoms with Gasteiger partial charge in [-0.3, -0.25) is 9.78 Å². The third-order valence-corrected chi connectivity index (χ3v) is 4.43. The molecular weight excluding hydrogens is 343 g/mol. The Balaban J connectivity index is 1.72. The van der Waals surface area contributed by atoms with E-state index in [-0.39, 0.29) is 5.91 Å². The summed E-state index contributed by atoms with van der Waals surface area (Å²) in [5.41, 5.74) is 0.817. The minimum atomic E-state index is -4.36. The number of aromatic nitrogens is 1. The van der Waals surface area contributed by atoms with Crippen LogP contribution in [0.4, 0.5) is 24.5 Å². The van der Waals surface area contributed by atoms with E-state index < -0.39 is 11.7 Å². The van der Waals surface area contributed by atoms with Crippen LogP contribution in [-0.4, -0.2) is 28.9 Å². The molecule has 2 heterocycles. The maximum Gasteiger partial charge on any atom is 0.416 e. The number of hydrogen-bond donors (Lipinski definition) is 1. The molecule has 26 heavy (non-hydrogen) atoms. The Hall–Kier alpha value is -2.57. The number of rotatable bonds is 3. The Bertz CT molecular complexity index is 774. The van der Waals surface area contributed by atoms with E-state index in [9.17, 15) is 18.0 Å². The lowest BCUT2D eigenvalue weighted by atomic mass is 10.00. The fraction of sp³-hybridized carbons (Fsp3) is 0.368. The molecule has 1 aromatic carbocycles. The largest absolute Gasteiger partial charge is 0.416 e. The number of hydrogen-bond acceptors (Lipinski definition) is 3. The lowest BCUT2D eigenvalue weighted by molar-refractivity contribution is -0.137. The summed E-state index contributed by atoms with van der Waals surface area (Å²) in [6, 6.07) is 6.40. The molecule has 1 fully saturated rings. The van der Waals surface area contributed by atoms with Gasteiger partial charge in [0.2, 0.25) is 0 Å². The van der Waals surface area contributed by atoms with E-state index in [1.165, 1.54) is 24.5 Å². The molecule has 3 rings (SSSR count). The van der Waals surface area contributed by atoms with Gasteiger partial charge >= 0.3 is 6.18 Å². The van der Waals surface area contributed by atoms with E-state index in [0.717, 1.165) is 38.1 Å². The number of halogens is 3. The average molecular weight is 363 g/mol. The molecule has 138 valence electrons. The molecule has 2 aromatic rings. The standard InChI is InChI=1S/C19H20F3N3O/c1-13-3-2-8-25(12-13)18(26)14-9-17(11-23-10-14)24-16-6-4-15(5-7-16)19(20,21)22/h4-7,9-11,13,24H,2-3,8,12H2,1H3. The van der Waals surface area contributed by atoms with Crippen LogP contribution in [0.5, 0.6) is 0 Å². The van der Waals surface area contributed by atoms with Crippen LogP contribution in [-0.2, 0) is 6.18 Å². The van der Waals surface area contributed by atoms with Gasteiger partial charge in [-0.15, -0.1) is 0 Å². The molecule has 1 amide bonds. The summed E-state index contributed by atoms with van der Waals surface area (Å²) in [5.74, 6) is 0.411. The van der Waals surface area contributed by atoms with Crippen LogP contribution in [0.3, 0.4) is 0 Å². The molecule has 0 bridgehead atoms. The van der Waals surface area contributed by atoms with Gasteiger partial charge in [0.15, 0.2) is 0 Å². The molecule has 1 atom stereocenters. The number of amides is 1. The Morgan fingerprint density at radius 1 is 1.19 bits per heavy atom. The van der Waals surface area contributed by atoms with Gasteiger partial charge in [-0.25, -0.2) is 0 Å². The zero-order valence-corrected chi connectivity index (χ0v) is 14.4. The van der Waals surface area contributed by atoms with Crippen molar-refractivity contribution in [3.05, 3.63) is 53.9 Å². The van der Waals surface area contributed by atoms with Crippen molar-refractivity contribution in [3.63, 3.8) is 0 Å². The van der Waals surface area contributed by atoms with Crippen LogP contribution >= 0.6 is 0 Å². The van der Waals surface area contributed by atoms with Crippen LogP contribution in [0.1, 0.15) is 35.7 Å². The second kappa shape index (κ2) is 7.35. The van der Waals surface area contributed by atoms with Crippen LogP contribution in [0.2, 0.25) is 0 Å². The molecule has 1 aliphatic heterocycles. The normalized spacial score (nSPS) is 17.8. The predicted molar refractivity (Wildman–Crippen MR) is 93.3 cm³/mol. The summed E-state index contributed by atoms with van der Waals surface area (Å²) in [6.45, 7) is 3.59. The first-order chi connectivity index (χ1) is 12.3. The second-order valence-electron chi connectivity index (χ2n) is 6.66. The fourth-order valence-corrected chi connectivity index (χ4v) is 3.09. The van der Waals surface area contributed by atoms with E-state index in [1.54, 1.807) is 6.07 Å². The Labute approximate surface area is 150 Å². The van der Waals surface area contributed by atoms with E-state index in [4.69, 9.17) is 0 Å².